The van der Waals surface area contributed by atoms with Gasteiger partial charge in [-0.1, -0.05) is 78.2 Å². The van der Waals surface area contributed by atoms with E-state index in [2.05, 4.69) is 0 Å². The molecule has 0 unspecified atom stereocenters. The van der Waals surface area contributed by atoms with Gasteiger partial charge in [0.1, 0.15) is 0 Å². The number of aromatic nitrogens is 1. The molecule has 0 saturated carbocycles. The average Bonchev–Trinajstić information content (AvgIpc) is 2.98. The van der Waals surface area contributed by atoms with Crippen LogP contribution in [0.5, 0.6) is 0 Å². The van der Waals surface area contributed by atoms with E-state index in [0.29, 0.717) is 22.2 Å². The number of allylic oxidation sites excluding steroid dienone is 8. The van der Waals surface area contributed by atoms with Crippen molar-refractivity contribution in [3.8, 4) is 0 Å². The van der Waals surface area contributed by atoms with Crippen LogP contribution >= 0.6 is 34.5 Å². The fourth-order valence-electron chi connectivity index (χ4n) is 3.32. The van der Waals surface area contributed by atoms with Gasteiger partial charge in [-0.25, -0.2) is 4.98 Å². The van der Waals surface area contributed by atoms with E-state index in [9.17, 15) is 4.79 Å². The molecule has 6 heteroatoms. The summed E-state index contributed by atoms with van der Waals surface area (Å²) in [4.78, 5) is 20.2. The Kier molecular flexibility index (Phi) is 8.30. The summed E-state index contributed by atoms with van der Waals surface area (Å²) >= 11 is 14.3. The standard InChI is InChI=1S/C23H20Cl2N2OS.C2H6/c1-15-9-13-18(19(25)14-10-15)22(28)27(17-6-4-5-16(24)11-12-17)23-26-20-7-2-3-8-21(20)29-23;1-2/h2-3,7-13H,4-6,14H2,1H3;1-2H3. The van der Waals surface area contributed by atoms with E-state index in [1.807, 2.05) is 75.4 Å². The van der Waals surface area contributed by atoms with Crippen molar-refractivity contribution in [3.63, 3.8) is 0 Å². The predicted molar refractivity (Wildman–Crippen MR) is 135 cm³/mol. The van der Waals surface area contributed by atoms with Crippen LogP contribution in [0.2, 0.25) is 0 Å². The lowest BCUT2D eigenvalue weighted by molar-refractivity contribution is -0.114. The first-order valence-electron chi connectivity index (χ1n) is 10.5. The average molecular weight is 473 g/mol. The van der Waals surface area contributed by atoms with Crippen LogP contribution in [0.3, 0.4) is 0 Å². The Hall–Kier alpha value is -2.14. The first-order chi connectivity index (χ1) is 15.0. The van der Waals surface area contributed by atoms with Gasteiger partial charge in [-0.2, -0.15) is 0 Å². The molecule has 2 aliphatic carbocycles. The molecule has 0 N–H and O–H groups in total. The number of para-hydroxylation sites is 1. The smallest absolute Gasteiger partial charge is 0.265 e. The van der Waals surface area contributed by atoms with Gasteiger partial charge in [0.25, 0.3) is 5.91 Å². The second-order valence-electron chi connectivity index (χ2n) is 7.03. The number of hydrogen-bond donors (Lipinski definition) is 0. The van der Waals surface area contributed by atoms with Crippen LogP contribution in [0.15, 0.2) is 81.6 Å². The van der Waals surface area contributed by atoms with Crippen molar-refractivity contribution < 1.29 is 4.79 Å². The third-order valence-corrected chi connectivity index (χ3v) is 6.60. The second-order valence-corrected chi connectivity index (χ2v) is 8.98. The summed E-state index contributed by atoms with van der Waals surface area (Å²) in [6.07, 6.45) is 12.5. The lowest BCUT2D eigenvalue weighted by Crippen LogP contribution is -2.31. The maximum Gasteiger partial charge on any atom is 0.265 e. The number of carbonyl (C=O) groups excluding carboxylic acids is 1. The molecule has 162 valence electrons. The first kappa shape index (κ1) is 23.5. The summed E-state index contributed by atoms with van der Waals surface area (Å²) in [5, 5.41) is 1.98. The maximum atomic E-state index is 13.7. The number of thiazole rings is 1. The molecule has 0 spiro atoms. The molecule has 0 atom stereocenters. The molecule has 0 radical (unpaired) electrons. The van der Waals surface area contributed by atoms with Crippen molar-refractivity contribution in [2.75, 3.05) is 4.90 Å². The highest BCUT2D eigenvalue weighted by Gasteiger charge is 2.27. The zero-order chi connectivity index (χ0) is 22.4. The van der Waals surface area contributed by atoms with Gasteiger partial charge >= 0.3 is 0 Å². The monoisotopic (exact) mass is 472 g/mol. The molecule has 31 heavy (non-hydrogen) atoms. The summed E-state index contributed by atoms with van der Waals surface area (Å²) in [7, 11) is 0. The molecular weight excluding hydrogens is 447 g/mol. The Bertz CT molecular complexity index is 1090. The Morgan fingerprint density at radius 3 is 2.65 bits per heavy atom. The van der Waals surface area contributed by atoms with Crippen molar-refractivity contribution in [2.24, 2.45) is 0 Å². The summed E-state index contributed by atoms with van der Waals surface area (Å²) in [6.45, 7) is 6.00. The molecule has 0 bridgehead atoms. The predicted octanol–water partition coefficient (Wildman–Crippen LogP) is 8.25. The zero-order valence-electron chi connectivity index (χ0n) is 18.0. The van der Waals surface area contributed by atoms with Crippen LogP contribution in [0.4, 0.5) is 5.13 Å². The van der Waals surface area contributed by atoms with Gasteiger partial charge in [-0.15, -0.1) is 0 Å². The topological polar surface area (TPSA) is 33.2 Å². The molecule has 2 aromatic rings. The SMILES string of the molecule is CC.CC1=CCC(Cl)=C(C(=O)N(C2=CC=C(Cl)CCC2)c2nc3ccccc3s2)C=C1. The van der Waals surface area contributed by atoms with E-state index in [4.69, 9.17) is 28.2 Å². The molecule has 0 saturated heterocycles. The van der Waals surface area contributed by atoms with E-state index >= 15 is 0 Å². The molecule has 1 aromatic heterocycles. The largest absolute Gasteiger partial charge is 0.268 e. The van der Waals surface area contributed by atoms with Gasteiger partial charge < -0.3 is 0 Å². The van der Waals surface area contributed by atoms with Gasteiger partial charge in [-0.05, 0) is 56.5 Å². The minimum absolute atomic E-state index is 0.161. The number of benzene rings is 1. The van der Waals surface area contributed by atoms with E-state index < -0.39 is 0 Å². The normalized spacial score (nSPS) is 16.5. The quantitative estimate of drug-likeness (QED) is 0.450. The van der Waals surface area contributed by atoms with Crippen LogP contribution in [0.25, 0.3) is 10.2 Å². The maximum absolute atomic E-state index is 13.7. The molecule has 3 nitrogen and oxygen atoms in total. The summed E-state index contributed by atoms with van der Waals surface area (Å²) in [5.41, 5.74) is 3.34. The van der Waals surface area contributed by atoms with E-state index in [1.165, 1.54) is 11.3 Å². The molecule has 2 aliphatic rings. The molecule has 0 fully saturated rings. The second kappa shape index (κ2) is 10.9. The number of nitrogens with zero attached hydrogens (tertiary/aromatic N) is 2. The highest BCUT2D eigenvalue weighted by atomic mass is 35.5. The van der Waals surface area contributed by atoms with E-state index in [-0.39, 0.29) is 5.91 Å². The molecule has 0 aliphatic heterocycles. The summed E-state index contributed by atoms with van der Waals surface area (Å²) < 4.78 is 1.04. The number of carbonyl (C=O) groups is 1. The van der Waals surface area contributed by atoms with E-state index in [0.717, 1.165) is 45.8 Å². The van der Waals surface area contributed by atoms with Gasteiger partial charge in [0.05, 0.1) is 15.8 Å². The summed E-state index contributed by atoms with van der Waals surface area (Å²) in [6, 6.07) is 7.91. The fourth-order valence-corrected chi connectivity index (χ4v) is 4.73. The zero-order valence-corrected chi connectivity index (χ0v) is 20.3. The van der Waals surface area contributed by atoms with Crippen molar-refractivity contribution in [2.45, 2.75) is 46.5 Å². The number of fused-ring (bicyclic) bond motifs is 1. The lowest BCUT2D eigenvalue weighted by Gasteiger charge is -2.23. The van der Waals surface area contributed by atoms with Crippen LogP contribution in [-0.4, -0.2) is 10.9 Å². The molecule has 4 rings (SSSR count). The Morgan fingerprint density at radius 2 is 1.87 bits per heavy atom. The van der Waals surface area contributed by atoms with Crippen LogP contribution < -0.4 is 4.90 Å². The van der Waals surface area contributed by atoms with Crippen LogP contribution in [0, 0.1) is 0 Å². The van der Waals surface area contributed by atoms with Crippen molar-refractivity contribution in [1.29, 1.82) is 0 Å². The van der Waals surface area contributed by atoms with Gasteiger partial charge in [-0.3, -0.25) is 9.69 Å². The molecular formula is C25H26Cl2N2OS. The number of amides is 1. The third-order valence-electron chi connectivity index (χ3n) is 4.91. The molecule has 1 aromatic carbocycles. The number of halogens is 2. The van der Waals surface area contributed by atoms with Crippen molar-refractivity contribution in [3.05, 3.63) is 81.6 Å². The highest BCUT2D eigenvalue weighted by Crippen LogP contribution is 2.35. The number of rotatable bonds is 3. The van der Waals surface area contributed by atoms with Gasteiger partial charge in [0.2, 0.25) is 0 Å². The Labute approximate surface area is 198 Å². The lowest BCUT2D eigenvalue weighted by atomic mass is 10.1. The minimum Gasteiger partial charge on any atom is -0.268 e. The molecule has 1 amide bonds. The van der Waals surface area contributed by atoms with Crippen molar-refractivity contribution in [1.82, 2.24) is 4.98 Å². The fraction of sp³-hybridized carbons (Fsp3) is 0.280. The van der Waals surface area contributed by atoms with Crippen molar-refractivity contribution >= 4 is 55.8 Å². The number of hydrogen-bond acceptors (Lipinski definition) is 3. The van der Waals surface area contributed by atoms with Gasteiger partial charge in [0.15, 0.2) is 5.13 Å². The first-order valence-corrected chi connectivity index (χ1v) is 12.1. The van der Waals surface area contributed by atoms with E-state index in [1.54, 1.807) is 4.90 Å². The minimum atomic E-state index is -0.161. The summed E-state index contributed by atoms with van der Waals surface area (Å²) in [5.74, 6) is -0.161. The van der Waals surface area contributed by atoms with Crippen LogP contribution in [0.1, 0.15) is 46.5 Å². The third kappa shape index (κ3) is 5.57. The Balaban J connectivity index is 0.00000132. The number of anilines is 1. The highest BCUT2D eigenvalue weighted by molar-refractivity contribution is 7.22. The van der Waals surface area contributed by atoms with Crippen LogP contribution in [-0.2, 0) is 4.79 Å². The Morgan fingerprint density at radius 1 is 1.10 bits per heavy atom. The van der Waals surface area contributed by atoms with Gasteiger partial charge in [0, 0.05) is 22.2 Å². The molecule has 1 heterocycles.